The number of anilines is 1. The number of carbonyl (C=O) groups excluding carboxylic acids is 2. The summed E-state index contributed by atoms with van der Waals surface area (Å²) in [6, 6.07) is 9.84. The first kappa shape index (κ1) is 20.7. The smallest absolute Gasteiger partial charge is 0.267 e. The van der Waals surface area contributed by atoms with E-state index in [1.54, 1.807) is 30.3 Å². The number of rotatable bonds is 6. The number of nitrogens with one attached hydrogen (secondary N) is 1. The summed E-state index contributed by atoms with van der Waals surface area (Å²) in [7, 11) is -1.22. The van der Waals surface area contributed by atoms with E-state index in [1.165, 1.54) is 26.4 Å². The molecule has 1 fully saturated rings. The Kier molecular flexibility index (Phi) is 5.78. The van der Waals surface area contributed by atoms with Gasteiger partial charge in [-0.1, -0.05) is 17.7 Å². The minimum absolute atomic E-state index is 0.0293. The van der Waals surface area contributed by atoms with Gasteiger partial charge in [0.25, 0.3) is 10.0 Å². The summed E-state index contributed by atoms with van der Waals surface area (Å²) in [4.78, 5) is 25.2. The second kappa shape index (κ2) is 8.12. The van der Waals surface area contributed by atoms with Crippen molar-refractivity contribution in [2.45, 2.75) is 30.7 Å². The molecule has 1 atom stereocenters. The van der Waals surface area contributed by atoms with Crippen molar-refractivity contribution < 1.29 is 27.5 Å². The van der Waals surface area contributed by atoms with Crippen LogP contribution in [0.1, 0.15) is 18.4 Å². The van der Waals surface area contributed by atoms with Crippen LogP contribution in [0.25, 0.3) is 0 Å². The molecule has 1 N–H and O–H groups in total. The van der Waals surface area contributed by atoms with Gasteiger partial charge in [-0.05, 0) is 37.6 Å². The van der Waals surface area contributed by atoms with Gasteiger partial charge in [0.15, 0.2) is 0 Å². The fourth-order valence-corrected chi connectivity index (χ4v) is 4.75. The predicted molar refractivity (Wildman–Crippen MR) is 106 cm³/mol. The topological polar surface area (TPSA) is 102 Å². The van der Waals surface area contributed by atoms with E-state index < -0.39 is 27.9 Å². The fraction of sp³-hybridized carbons (Fsp3) is 0.300. The lowest BCUT2D eigenvalue weighted by molar-refractivity contribution is -0.128. The molecule has 1 aliphatic heterocycles. The lowest BCUT2D eigenvalue weighted by Gasteiger charge is -2.24. The maximum Gasteiger partial charge on any atom is 0.267 e. The first-order valence-electron chi connectivity index (χ1n) is 8.94. The normalized spacial score (nSPS) is 16.6. The van der Waals surface area contributed by atoms with Gasteiger partial charge in [0, 0.05) is 12.5 Å². The number of methoxy groups -OCH3 is 2. The Morgan fingerprint density at radius 1 is 1.10 bits per heavy atom. The zero-order chi connectivity index (χ0) is 21.2. The van der Waals surface area contributed by atoms with E-state index in [0.29, 0.717) is 21.5 Å². The van der Waals surface area contributed by atoms with Gasteiger partial charge < -0.3 is 14.8 Å². The molecule has 0 aromatic heterocycles. The second-order valence-corrected chi connectivity index (χ2v) is 8.43. The van der Waals surface area contributed by atoms with Crippen LogP contribution in [0.4, 0.5) is 5.69 Å². The van der Waals surface area contributed by atoms with Crippen molar-refractivity contribution in [2.24, 2.45) is 0 Å². The molecular formula is C20H22N2O6S. The van der Waals surface area contributed by atoms with Gasteiger partial charge in [-0.2, -0.15) is 0 Å². The third-order valence-electron chi connectivity index (χ3n) is 4.71. The molecule has 0 spiro atoms. The van der Waals surface area contributed by atoms with Crippen molar-refractivity contribution in [3.8, 4) is 11.5 Å². The van der Waals surface area contributed by atoms with E-state index in [-0.39, 0.29) is 17.7 Å². The van der Waals surface area contributed by atoms with Crippen molar-refractivity contribution in [1.82, 2.24) is 4.31 Å². The van der Waals surface area contributed by atoms with E-state index in [0.717, 1.165) is 5.56 Å². The molecule has 3 rings (SSSR count). The number of ether oxygens (including phenoxy) is 2. The molecule has 1 heterocycles. The van der Waals surface area contributed by atoms with Crippen molar-refractivity contribution in [3.05, 3.63) is 48.0 Å². The largest absolute Gasteiger partial charge is 0.497 e. The van der Waals surface area contributed by atoms with E-state index in [1.807, 2.05) is 6.92 Å². The van der Waals surface area contributed by atoms with E-state index in [2.05, 4.69) is 5.32 Å². The van der Waals surface area contributed by atoms with Gasteiger partial charge in [0.05, 0.1) is 24.8 Å². The summed E-state index contributed by atoms with van der Waals surface area (Å²) in [6.07, 6.45) is 0.0699. The molecule has 2 amide bonds. The summed E-state index contributed by atoms with van der Waals surface area (Å²) in [5, 5.41) is 2.66. The SMILES string of the molecule is COc1ccc(OC)c(NC(=O)[C@H]2CCC(=O)N2S(=O)(=O)c2ccc(C)cc2)c1. The zero-order valence-electron chi connectivity index (χ0n) is 16.3. The van der Waals surface area contributed by atoms with E-state index >= 15 is 0 Å². The lowest BCUT2D eigenvalue weighted by atomic mass is 10.2. The van der Waals surface area contributed by atoms with Gasteiger partial charge in [0.2, 0.25) is 11.8 Å². The van der Waals surface area contributed by atoms with Crippen LogP contribution in [0.2, 0.25) is 0 Å². The Balaban J connectivity index is 1.91. The lowest BCUT2D eigenvalue weighted by Crippen LogP contribution is -2.45. The Morgan fingerprint density at radius 2 is 1.79 bits per heavy atom. The average Bonchev–Trinajstić information content (AvgIpc) is 3.10. The van der Waals surface area contributed by atoms with Gasteiger partial charge in [0.1, 0.15) is 17.5 Å². The second-order valence-electron chi connectivity index (χ2n) is 6.62. The van der Waals surface area contributed by atoms with Gasteiger partial charge >= 0.3 is 0 Å². The van der Waals surface area contributed by atoms with Gasteiger partial charge in [-0.15, -0.1) is 0 Å². The molecule has 1 aliphatic rings. The minimum Gasteiger partial charge on any atom is -0.497 e. The van der Waals surface area contributed by atoms with Crippen LogP contribution in [-0.2, 0) is 19.6 Å². The van der Waals surface area contributed by atoms with Crippen LogP contribution in [-0.4, -0.2) is 44.8 Å². The van der Waals surface area contributed by atoms with Crippen LogP contribution in [0.15, 0.2) is 47.4 Å². The molecule has 2 aromatic carbocycles. The first-order chi connectivity index (χ1) is 13.8. The molecule has 1 saturated heterocycles. The van der Waals surface area contributed by atoms with E-state index in [9.17, 15) is 18.0 Å². The predicted octanol–water partition coefficient (Wildman–Crippen LogP) is 2.33. The van der Waals surface area contributed by atoms with Crippen LogP contribution < -0.4 is 14.8 Å². The van der Waals surface area contributed by atoms with Crippen LogP contribution in [0.3, 0.4) is 0 Å². The molecule has 154 valence electrons. The summed E-state index contributed by atoms with van der Waals surface area (Å²) in [6.45, 7) is 1.83. The molecular weight excluding hydrogens is 396 g/mol. The molecule has 0 radical (unpaired) electrons. The highest BCUT2D eigenvalue weighted by Gasteiger charge is 2.44. The van der Waals surface area contributed by atoms with Crippen LogP contribution in [0, 0.1) is 6.92 Å². The van der Waals surface area contributed by atoms with Crippen molar-refractivity contribution in [1.29, 1.82) is 0 Å². The number of sulfonamides is 1. The first-order valence-corrected chi connectivity index (χ1v) is 10.4. The average molecular weight is 418 g/mol. The molecule has 8 nitrogen and oxygen atoms in total. The third kappa shape index (κ3) is 4.04. The summed E-state index contributed by atoms with van der Waals surface area (Å²) in [5.41, 5.74) is 1.21. The number of amides is 2. The number of nitrogens with zero attached hydrogens (tertiary/aromatic N) is 1. The summed E-state index contributed by atoms with van der Waals surface area (Å²) < 4.78 is 37.1. The molecule has 0 bridgehead atoms. The number of hydrogen-bond acceptors (Lipinski definition) is 6. The molecule has 0 unspecified atom stereocenters. The third-order valence-corrected chi connectivity index (χ3v) is 6.55. The highest BCUT2D eigenvalue weighted by molar-refractivity contribution is 7.89. The molecule has 9 heteroatoms. The number of carbonyl (C=O) groups is 2. The highest BCUT2D eigenvalue weighted by Crippen LogP contribution is 2.32. The summed E-state index contributed by atoms with van der Waals surface area (Å²) >= 11 is 0. The van der Waals surface area contributed by atoms with Crippen LogP contribution >= 0.6 is 0 Å². The molecule has 0 aliphatic carbocycles. The maximum absolute atomic E-state index is 13.0. The number of aryl methyl sites for hydroxylation is 1. The van der Waals surface area contributed by atoms with Gasteiger partial charge in [-0.25, -0.2) is 12.7 Å². The summed E-state index contributed by atoms with van der Waals surface area (Å²) in [5.74, 6) is -0.342. The van der Waals surface area contributed by atoms with E-state index in [4.69, 9.17) is 9.47 Å². The van der Waals surface area contributed by atoms with Crippen molar-refractivity contribution in [2.75, 3.05) is 19.5 Å². The zero-order valence-corrected chi connectivity index (χ0v) is 17.2. The number of benzene rings is 2. The van der Waals surface area contributed by atoms with Crippen molar-refractivity contribution >= 4 is 27.5 Å². The quantitative estimate of drug-likeness (QED) is 0.773. The standard InChI is InChI=1S/C20H22N2O6S/c1-13-4-7-15(8-5-13)29(25,26)22-17(9-11-19(22)23)20(24)21-16-12-14(27-2)6-10-18(16)28-3/h4-8,10,12,17H,9,11H2,1-3H3,(H,21,24)/t17-/m1/s1. The van der Waals surface area contributed by atoms with Crippen LogP contribution in [0.5, 0.6) is 11.5 Å². The Hall–Kier alpha value is -3.07. The molecule has 29 heavy (non-hydrogen) atoms. The maximum atomic E-state index is 13.0. The molecule has 2 aromatic rings. The Labute approximate surface area is 169 Å². The monoisotopic (exact) mass is 418 g/mol. The van der Waals surface area contributed by atoms with Crippen molar-refractivity contribution in [3.63, 3.8) is 0 Å². The Morgan fingerprint density at radius 3 is 2.41 bits per heavy atom. The Bertz CT molecular complexity index is 1030. The molecule has 0 saturated carbocycles. The fourth-order valence-electron chi connectivity index (χ4n) is 3.15. The highest BCUT2D eigenvalue weighted by atomic mass is 32.2. The number of hydrogen-bond donors (Lipinski definition) is 1. The van der Waals surface area contributed by atoms with Gasteiger partial charge in [-0.3, -0.25) is 9.59 Å². The minimum atomic E-state index is -4.15.